The van der Waals surface area contributed by atoms with Crippen LogP contribution in [0.1, 0.15) is 51.1 Å². The Bertz CT molecular complexity index is 405. The van der Waals surface area contributed by atoms with Gasteiger partial charge in [-0.05, 0) is 18.3 Å². The van der Waals surface area contributed by atoms with Gasteiger partial charge in [-0.15, -0.1) is 0 Å². The van der Waals surface area contributed by atoms with Crippen molar-refractivity contribution in [1.82, 2.24) is 9.97 Å². The minimum atomic E-state index is -4.53. The van der Waals surface area contributed by atoms with Gasteiger partial charge in [0.15, 0.2) is 5.69 Å². The molecule has 1 aromatic rings. The van der Waals surface area contributed by atoms with E-state index in [0.717, 1.165) is 0 Å². The molecule has 0 saturated heterocycles. The number of rotatable bonds is 3. The molecule has 0 spiro atoms. The molecule has 1 atom stereocenters. The van der Waals surface area contributed by atoms with Crippen LogP contribution in [0.15, 0.2) is 12.4 Å². The van der Waals surface area contributed by atoms with E-state index in [1.807, 2.05) is 20.8 Å². The Kier molecular flexibility index (Phi) is 6.28. The van der Waals surface area contributed by atoms with Gasteiger partial charge >= 0.3 is 6.18 Å². The number of nitrogens with zero attached hydrogens (tertiary/aromatic N) is 2. The third-order valence-electron chi connectivity index (χ3n) is 2.45. The van der Waals surface area contributed by atoms with E-state index in [4.69, 9.17) is 0 Å². The maximum Gasteiger partial charge on any atom is 0.434 e. The van der Waals surface area contributed by atoms with E-state index < -0.39 is 18.0 Å². The summed E-state index contributed by atoms with van der Waals surface area (Å²) >= 11 is 0. The van der Waals surface area contributed by atoms with Gasteiger partial charge in [0.05, 0.1) is 24.2 Å². The zero-order valence-electron chi connectivity index (χ0n) is 11.1. The molecule has 1 aromatic heterocycles. The molecule has 1 rings (SSSR count). The summed E-state index contributed by atoms with van der Waals surface area (Å²) in [7, 11) is 0. The first kappa shape index (κ1) is 18.2. The number of aromatic nitrogens is 2. The van der Waals surface area contributed by atoms with Crippen molar-refractivity contribution in [1.29, 1.82) is 0 Å². The van der Waals surface area contributed by atoms with Crippen molar-refractivity contribution in [3.63, 3.8) is 0 Å². The highest BCUT2D eigenvalue weighted by molar-refractivity contribution is 7.59. The van der Waals surface area contributed by atoms with Gasteiger partial charge in [0.25, 0.3) is 0 Å². The Hall–Kier alpha value is -0.820. The first-order valence-corrected chi connectivity index (χ1v) is 5.67. The molecule has 3 nitrogen and oxygen atoms in total. The molecular formula is C12H19F3N2OS. The van der Waals surface area contributed by atoms with Crippen LogP contribution < -0.4 is 0 Å². The molecule has 0 aliphatic carbocycles. The standard InChI is InChI=1S/C12H17F3N2O.H2S/c1-11(2,3)5-4-9(18)8-6-16-7-10(17-8)12(13,14)15;/h6-7,9,18H,4-5H2,1-3H3;1H2/t9-;/m0./s1. The highest BCUT2D eigenvalue weighted by Gasteiger charge is 2.33. The van der Waals surface area contributed by atoms with Crippen molar-refractivity contribution < 1.29 is 18.3 Å². The molecule has 0 aliphatic rings. The summed E-state index contributed by atoms with van der Waals surface area (Å²) in [4.78, 5) is 6.88. The fourth-order valence-corrected chi connectivity index (χ4v) is 1.40. The lowest BCUT2D eigenvalue weighted by Crippen LogP contribution is -2.13. The maximum absolute atomic E-state index is 12.4. The molecule has 0 aromatic carbocycles. The van der Waals surface area contributed by atoms with Crippen LogP contribution in [0.5, 0.6) is 0 Å². The van der Waals surface area contributed by atoms with Crippen LogP contribution in [0.25, 0.3) is 0 Å². The summed E-state index contributed by atoms with van der Waals surface area (Å²) in [5.74, 6) is 0. The van der Waals surface area contributed by atoms with Crippen LogP contribution >= 0.6 is 13.5 Å². The molecule has 0 amide bonds. The van der Waals surface area contributed by atoms with Gasteiger partial charge in [0, 0.05) is 0 Å². The first-order chi connectivity index (χ1) is 8.09. The minimum Gasteiger partial charge on any atom is -0.387 e. The van der Waals surface area contributed by atoms with E-state index in [-0.39, 0.29) is 24.6 Å². The summed E-state index contributed by atoms with van der Waals surface area (Å²) in [5.41, 5.74) is -1.10. The van der Waals surface area contributed by atoms with Crippen LogP contribution in [-0.2, 0) is 6.18 Å². The number of alkyl halides is 3. The molecule has 0 unspecified atom stereocenters. The monoisotopic (exact) mass is 296 g/mol. The van der Waals surface area contributed by atoms with Crippen LogP contribution in [0.2, 0.25) is 0 Å². The fraction of sp³-hybridized carbons (Fsp3) is 0.667. The average molecular weight is 296 g/mol. The maximum atomic E-state index is 12.4. The summed E-state index contributed by atoms with van der Waals surface area (Å²) in [5, 5.41) is 9.80. The minimum absolute atomic E-state index is 0. The predicted octanol–water partition coefficient (Wildman–Crippen LogP) is 3.47. The molecule has 0 fully saturated rings. The first-order valence-electron chi connectivity index (χ1n) is 5.67. The van der Waals surface area contributed by atoms with Crippen molar-refractivity contribution in [2.24, 2.45) is 5.41 Å². The van der Waals surface area contributed by atoms with Crippen molar-refractivity contribution >= 4 is 13.5 Å². The van der Waals surface area contributed by atoms with Gasteiger partial charge < -0.3 is 5.11 Å². The largest absolute Gasteiger partial charge is 0.434 e. The smallest absolute Gasteiger partial charge is 0.387 e. The second-order valence-corrected chi connectivity index (χ2v) is 5.44. The van der Waals surface area contributed by atoms with Gasteiger partial charge in [-0.2, -0.15) is 26.7 Å². The van der Waals surface area contributed by atoms with E-state index in [1.54, 1.807) is 0 Å². The van der Waals surface area contributed by atoms with Crippen molar-refractivity contribution in [3.8, 4) is 0 Å². The molecule has 0 saturated carbocycles. The zero-order valence-corrected chi connectivity index (χ0v) is 12.1. The molecule has 110 valence electrons. The SMILES string of the molecule is CC(C)(C)CC[C@H](O)c1cncc(C(F)(F)F)n1.S. The second-order valence-electron chi connectivity index (χ2n) is 5.44. The molecule has 0 aliphatic heterocycles. The Morgan fingerprint density at radius 3 is 2.26 bits per heavy atom. The normalized spacial score (nSPS) is 13.8. The van der Waals surface area contributed by atoms with E-state index >= 15 is 0 Å². The predicted molar refractivity (Wildman–Crippen MR) is 71.1 cm³/mol. The number of aliphatic hydroxyl groups excluding tert-OH is 1. The second kappa shape index (κ2) is 6.56. The third-order valence-corrected chi connectivity index (χ3v) is 2.45. The van der Waals surface area contributed by atoms with Gasteiger partial charge in [-0.25, -0.2) is 4.98 Å². The lowest BCUT2D eigenvalue weighted by atomic mass is 9.89. The Labute approximate surface area is 117 Å². The number of hydrogen-bond donors (Lipinski definition) is 1. The topological polar surface area (TPSA) is 46.0 Å². The van der Waals surface area contributed by atoms with Crippen molar-refractivity contribution in [2.45, 2.75) is 45.9 Å². The van der Waals surface area contributed by atoms with Crippen molar-refractivity contribution in [3.05, 3.63) is 23.8 Å². The van der Waals surface area contributed by atoms with Gasteiger partial charge in [-0.1, -0.05) is 20.8 Å². The summed E-state index contributed by atoms with van der Waals surface area (Å²) < 4.78 is 37.3. The molecular weight excluding hydrogens is 277 g/mol. The highest BCUT2D eigenvalue weighted by Crippen LogP contribution is 2.29. The van der Waals surface area contributed by atoms with Gasteiger partial charge in [0.1, 0.15) is 0 Å². The number of hydrogen-bond acceptors (Lipinski definition) is 3. The summed E-state index contributed by atoms with van der Waals surface area (Å²) in [6.45, 7) is 5.99. The van der Waals surface area contributed by atoms with E-state index in [0.29, 0.717) is 19.0 Å². The average Bonchev–Trinajstić information content (AvgIpc) is 2.24. The Morgan fingerprint density at radius 2 is 1.79 bits per heavy atom. The molecule has 1 N–H and O–H groups in total. The van der Waals surface area contributed by atoms with Crippen molar-refractivity contribution in [2.75, 3.05) is 0 Å². The quantitative estimate of drug-likeness (QED) is 0.929. The molecule has 7 heteroatoms. The molecule has 0 bridgehead atoms. The molecule has 0 radical (unpaired) electrons. The molecule has 1 heterocycles. The molecule has 19 heavy (non-hydrogen) atoms. The Balaban J connectivity index is 0.00000324. The van der Waals surface area contributed by atoms with Gasteiger partial charge in [0.2, 0.25) is 0 Å². The van der Waals surface area contributed by atoms with Crippen LogP contribution in [0.4, 0.5) is 13.2 Å². The third kappa shape index (κ3) is 6.24. The van der Waals surface area contributed by atoms with Crippen LogP contribution in [0, 0.1) is 5.41 Å². The summed E-state index contributed by atoms with van der Waals surface area (Å²) in [6, 6.07) is 0. The fourth-order valence-electron chi connectivity index (χ4n) is 1.40. The van der Waals surface area contributed by atoms with Gasteiger partial charge in [-0.3, -0.25) is 4.98 Å². The summed E-state index contributed by atoms with van der Waals surface area (Å²) in [6.07, 6.45) is -2.68. The van der Waals surface area contributed by atoms with Crippen LogP contribution in [0.3, 0.4) is 0 Å². The number of halogens is 3. The Morgan fingerprint density at radius 1 is 1.21 bits per heavy atom. The highest BCUT2D eigenvalue weighted by atomic mass is 32.1. The zero-order chi connectivity index (χ0) is 14.0. The lowest BCUT2D eigenvalue weighted by Gasteiger charge is -2.20. The van der Waals surface area contributed by atoms with E-state index in [1.165, 1.54) is 6.20 Å². The van der Waals surface area contributed by atoms with E-state index in [2.05, 4.69) is 9.97 Å². The van der Waals surface area contributed by atoms with E-state index in [9.17, 15) is 18.3 Å². The lowest BCUT2D eigenvalue weighted by molar-refractivity contribution is -0.141. The number of aliphatic hydroxyl groups is 1. The van der Waals surface area contributed by atoms with Crippen LogP contribution in [-0.4, -0.2) is 15.1 Å².